The topological polar surface area (TPSA) is 73.7 Å². The van der Waals surface area contributed by atoms with Crippen molar-refractivity contribution in [2.45, 2.75) is 25.8 Å². The average Bonchev–Trinajstić information content (AvgIpc) is 2.68. The van der Waals surface area contributed by atoms with Crippen LogP contribution in [0.2, 0.25) is 0 Å². The quantitative estimate of drug-likeness (QED) is 0.914. The number of hydrogen-bond acceptors (Lipinski definition) is 4. The van der Waals surface area contributed by atoms with Gasteiger partial charge in [-0.05, 0) is 44.0 Å². The fraction of sp³-hybridized carbons (Fsp3) is 0.350. The van der Waals surface area contributed by atoms with Gasteiger partial charge in [0.15, 0.2) is 0 Å². The number of nitrogens with zero attached hydrogens (tertiary/aromatic N) is 3. The zero-order chi connectivity index (χ0) is 18.7. The van der Waals surface area contributed by atoms with Crippen molar-refractivity contribution in [3.05, 3.63) is 54.2 Å². The van der Waals surface area contributed by atoms with Crippen LogP contribution < -0.4 is 4.90 Å². The van der Waals surface area contributed by atoms with E-state index < -0.39 is 11.9 Å². The van der Waals surface area contributed by atoms with Crippen molar-refractivity contribution in [2.24, 2.45) is 5.92 Å². The Hall–Kier alpha value is -2.89. The van der Waals surface area contributed by atoms with E-state index in [-0.39, 0.29) is 18.5 Å². The number of anilines is 2. The third-order valence-corrected chi connectivity index (χ3v) is 4.97. The standard InChI is InChI=1S/C20H23N3O3/c1-14-8-9-16(20(25)26)13-23(14)19(24)15-10-11-18(21-12-15)22(2)17-6-4-3-5-7-17/h3-7,10-12,14,16H,8-9,13H2,1-2H3,(H,25,26). The summed E-state index contributed by atoms with van der Waals surface area (Å²) in [6.45, 7) is 2.21. The second-order valence-electron chi connectivity index (χ2n) is 6.72. The number of piperidine rings is 1. The molecule has 1 amide bonds. The molecule has 0 bridgehead atoms. The summed E-state index contributed by atoms with van der Waals surface area (Å²) in [5.74, 6) is -0.757. The van der Waals surface area contributed by atoms with Crippen molar-refractivity contribution < 1.29 is 14.7 Å². The third kappa shape index (κ3) is 3.69. The van der Waals surface area contributed by atoms with Crippen LogP contribution in [-0.4, -0.2) is 46.5 Å². The monoisotopic (exact) mass is 353 g/mol. The summed E-state index contributed by atoms with van der Waals surface area (Å²) in [4.78, 5) is 32.1. The van der Waals surface area contributed by atoms with Gasteiger partial charge in [-0.2, -0.15) is 0 Å². The molecule has 0 radical (unpaired) electrons. The maximum atomic E-state index is 12.8. The Balaban J connectivity index is 1.75. The number of pyridine rings is 1. The molecular formula is C20H23N3O3. The predicted molar refractivity (Wildman–Crippen MR) is 99.6 cm³/mol. The molecule has 1 fully saturated rings. The van der Waals surface area contributed by atoms with E-state index in [0.717, 1.165) is 11.5 Å². The van der Waals surface area contributed by atoms with Crippen LogP contribution in [0.15, 0.2) is 48.7 Å². The van der Waals surface area contributed by atoms with E-state index >= 15 is 0 Å². The molecule has 1 aliphatic heterocycles. The fourth-order valence-corrected chi connectivity index (χ4v) is 3.25. The second-order valence-corrected chi connectivity index (χ2v) is 6.72. The molecule has 3 rings (SSSR count). The number of aliphatic carboxylic acids is 1. The number of carbonyl (C=O) groups excluding carboxylic acids is 1. The van der Waals surface area contributed by atoms with Crippen molar-refractivity contribution in [2.75, 3.05) is 18.5 Å². The Morgan fingerprint density at radius 2 is 1.88 bits per heavy atom. The first-order valence-corrected chi connectivity index (χ1v) is 8.76. The van der Waals surface area contributed by atoms with Crippen LogP contribution in [-0.2, 0) is 4.79 Å². The highest BCUT2D eigenvalue weighted by atomic mass is 16.4. The van der Waals surface area contributed by atoms with E-state index in [1.807, 2.05) is 55.3 Å². The Labute approximate surface area is 153 Å². The molecule has 1 N–H and O–H groups in total. The van der Waals surface area contributed by atoms with E-state index in [2.05, 4.69) is 4.98 Å². The van der Waals surface area contributed by atoms with Gasteiger partial charge in [0.05, 0.1) is 11.5 Å². The van der Waals surface area contributed by atoms with Crippen LogP contribution in [0.1, 0.15) is 30.1 Å². The van der Waals surface area contributed by atoms with Gasteiger partial charge in [0.2, 0.25) is 0 Å². The van der Waals surface area contributed by atoms with Crippen LogP contribution >= 0.6 is 0 Å². The predicted octanol–water partition coefficient (Wildman–Crippen LogP) is 3.17. The minimum absolute atomic E-state index is 0.0322. The fourth-order valence-electron chi connectivity index (χ4n) is 3.25. The number of carboxylic acid groups (broad SMARTS) is 1. The van der Waals surface area contributed by atoms with Gasteiger partial charge in [-0.3, -0.25) is 9.59 Å². The van der Waals surface area contributed by atoms with Gasteiger partial charge in [-0.25, -0.2) is 4.98 Å². The van der Waals surface area contributed by atoms with E-state index in [9.17, 15) is 14.7 Å². The summed E-state index contributed by atoms with van der Waals surface area (Å²) in [6.07, 6.45) is 2.87. The molecule has 1 saturated heterocycles. The lowest BCUT2D eigenvalue weighted by Crippen LogP contribution is -2.47. The zero-order valence-electron chi connectivity index (χ0n) is 15.0. The molecule has 1 aliphatic rings. The number of rotatable bonds is 4. The summed E-state index contributed by atoms with van der Waals surface area (Å²) < 4.78 is 0. The minimum atomic E-state index is -0.840. The molecule has 6 heteroatoms. The van der Waals surface area contributed by atoms with E-state index in [4.69, 9.17) is 0 Å². The second kappa shape index (κ2) is 7.56. The summed E-state index contributed by atoms with van der Waals surface area (Å²) >= 11 is 0. The number of amides is 1. The van der Waals surface area contributed by atoms with Crippen molar-refractivity contribution in [3.8, 4) is 0 Å². The highest BCUT2D eigenvalue weighted by Crippen LogP contribution is 2.25. The number of carbonyl (C=O) groups is 2. The van der Waals surface area contributed by atoms with Crippen LogP contribution in [0.25, 0.3) is 0 Å². The number of hydrogen-bond donors (Lipinski definition) is 1. The van der Waals surface area contributed by atoms with E-state index in [0.29, 0.717) is 18.4 Å². The van der Waals surface area contributed by atoms with Crippen molar-refractivity contribution in [3.63, 3.8) is 0 Å². The molecule has 1 aromatic carbocycles. The molecule has 136 valence electrons. The smallest absolute Gasteiger partial charge is 0.308 e. The lowest BCUT2D eigenvalue weighted by molar-refractivity contribution is -0.143. The molecule has 0 saturated carbocycles. The van der Waals surface area contributed by atoms with Crippen molar-refractivity contribution in [1.82, 2.24) is 9.88 Å². The molecule has 26 heavy (non-hydrogen) atoms. The first kappa shape index (κ1) is 17.9. The molecule has 2 atom stereocenters. The number of carboxylic acids is 1. The summed E-state index contributed by atoms with van der Waals surface area (Å²) in [6, 6.07) is 13.4. The molecule has 2 heterocycles. The highest BCUT2D eigenvalue weighted by molar-refractivity contribution is 5.94. The van der Waals surface area contributed by atoms with E-state index in [1.165, 1.54) is 0 Å². The van der Waals surface area contributed by atoms with Crippen molar-refractivity contribution >= 4 is 23.4 Å². The highest BCUT2D eigenvalue weighted by Gasteiger charge is 2.33. The molecule has 1 aromatic heterocycles. The van der Waals surface area contributed by atoms with Crippen LogP contribution in [0, 0.1) is 5.92 Å². The van der Waals surface area contributed by atoms with Crippen molar-refractivity contribution in [1.29, 1.82) is 0 Å². The molecule has 6 nitrogen and oxygen atoms in total. The maximum Gasteiger partial charge on any atom is 0.308 e. The molecule has 2 aromatic rings. The van der Waals surface area contributed by atoms with Gasteiger partial charge in [0, 0.05) is 31.5 Å². The normalized spacial score (nSPS) is 19.8. The summed E-state index contributed by atoms with van der Waals surface area (Å²) in [7, 11) is 1.92. The Morgan fingerprint density at radius 3 is 2.50 bits per heavy atom. The Bertz CT molecular complexity index is 777. The number of likely N-dealkylation sites (tertiary alicyclic amines) is 1. The Kier molecular flexibility index (Phi) is 5.21. The first-order chi connectivity index (χ1) is 12.5. The first-order valence-electron chi connectivity index (χ1n) is 8.76. The minimum Gasteiger partial charge on any atom is -0.481 e. The molecule has 2 unspecified atom stereocenters. The molecule has 0 spiro atoms. The van der Waals surface area contributed by atoms with Gasteiger partial charge >= 0.3 is 5.97 Å². The van der Waals surface area contributed by atoms with Gasteiger partial charge in [-0.15, -0.1) is 0 Å². The summed E-state index contributed by atoms with van der Waals surface area (Å²) in [5, 5.41) is 9.24. The van der Waals surface area contributed by atoms with Gasteiger partial charge in [0.25, 0.3) is 5.91 Å². The maximum absolute atomic E-state index is 12.8. The molecular weight excluding hydrogens is 330 g/mol. The van der Waals surface area contributed by atoms with Crippen LogP contribution in [0.4, 0.5) is 11.5 Å². The average molecular weight is 353 g/mol. The summed E-state index contributed by atoms with van der Waals surface area (Å²) in [5.41, 5.74) is 1.49. The lowest BCUT2D eigenvalue weighted by atomic mass is 9.93. The number of benzene rings is 1. The number of para-hydroxylation sites is 1. The lowest BCUT2D eigenvalue weighted by Gasteiger charge is -2.36. The van der Waals surface area contributed by atoms with Gasteiger partial charge < -0.3 is 14.9 Å². The largest absolute Gasteiger partial charge is 0.481 e. The number of aromatic nitrogens is 1. The third-order valence-electron chi connectivity index (χ3n) is 4.97. The molecule has 0 aliphatic carbocycles. The van der Waals surface area contributed by atoms with Gasteiger partial charge in [0.1, 0.15) is 5.82 Å². The Morgan fingerprint density at radius 1 is 1.15 bits per heavy atom. The SMILES string of the molecule is CC1CCC(C(=O)O)CN1C(=O)c1ccc(N(C)c2ccccc2)nc1. The van der Waals surface area contributed by atoms with Crippen LogP contribution in [0.5, 0.6) is 0 Å². The van der Waals surface area contributed by atoms with Gasteiger partial charge in [-0.1, -0.05) is 18.2 Å². The van der Waals surface area contributed by atoms with E-state index in [1.54, 1.807) is 17.2 Å². The van der Waals surface area contributed by atoms with Crippen LogP contribution in [0.3, 0.4) is 0 Å². The zero-order valence-corrected chi connectivity index (χ0v) is 15.0.